The van der Waals surface area contributed by atoms with Gasteiger partial charge in [-0.1, -0.05) is 17.7 Å². The van der Waals surface area contributed by atoms with Crippen LogP contribution in [-0.2, 0) is 7.05 Å². The summed E-state index contributed by atoms with van der Waals surface area (Å²) in [5, 5.41) is 10.9. The Morgan fingerprint density at radius 3 is 2.80 bits per heavy atom. The van der Waals surface area contributed by atoms with Crippen molar-refractivity contribution < 1.29 is 9.84 Å². The van der Waals surface area contributed by atoms with E-state index in [2.05, 4.69) is 4.98 Å². The molecule has 5 heteroatoms. The number of hydrogen-bond donors (Lipinski definition) is 1. The highest BCUT2D eigenvalue weighted by molar-refractivity contribution is 6.31. The van der Waals surface area contributed by atoms with Crippen molar-refractivity contribution in [2.75, 3.05) is 7.11 Å². The number of halogens is 1. The quantitative estimate of drug-likeness (QED) is 0.783. The van der Waals surface area contributed by atoms with Gasteiger partial charge in [0.2, 0.25) is 0 Å². The van der Waals surface area contributed by atoms with Gasteiger partial charge in [0.15, 0.2) is 11.5 Å². The summed E-state index contributed by atoms with van der Waals surface area (Å²) in [6.45, 7) is 0. The molecule has 4 nitrogen and oxygen atoms in total. The molecule has 0 saturated heterocycles. The number of phenols is 1. The van der Waals surface area contributed by atoms with E-state index in [4.69, 9.17) is 16.3 Å². The molecule has 1 aromatic heterocycles. The molecular weight excluding hydrogens is 276 g/mol. The monoisotopic (exact) mass is 288 g/mol. The molecule has 1 heterocycles. The van der Waals surface area contributed by atoms with E-state index in [1.54, 1.807) is 18.2 Å². The second-order valence-corrected chi connectivity index (χ2v) is 4.92. The highest BCUT2D eigenvalue weighted by atomic mass is 35.5. The summed E-state index contributed by atoms with van der Waals surface area (Å²) in [7, 11) is 3.42. The zero-order valence-electron chi connectivity index (χ0n) is 11.1. The van der Waals surface area contributed by atoms with Crippen LogP contribution in [0.5, 0.6) is 11.5 Å². The van der Waals surface area contributed by atoms with E-state index < -0.39 is 0 Å². The first kappa shape index (κ1) is 12.8. The number of aromatic nitrogens is 2. The molecule has 0 aliphatic heterocycles. The summed E-state index contributed by atoms with van der Waals surface area (Å²) >= 11 is 5.99. The van der Waals surface area contributed by atoms with Crippen LogP contribution in [0.4, 0.5) is 0 Å². The molecule has 0 bridgehead atoms. The minimum absolute atomic E-state index is 0.0829. The van der Waals surface area contributed by atoms with Gasteiger partial charge in [-0.2, -0.15) is 0 Å². The number of imidazole rings is 1. The van der Waals surface area contributed by atoms with Crippen LogP contribution in [0.3, 0.4) is 0 Å². The van der Waals surface area contributed by atoms with Gasteiger partial charge in [-0.15, -0.1) is 0 Å². The molecule has 3 aromatic rings. The molecule has 0 saturated carbocycles. The highest BCUT2D eigenvalue weighted by Gasteiger charge is 2.15. The average Bonchev–Trinajstić information content (AvgIpc) is 2.75. The number of fused-ring (bicyclic) bond motifs is 1. The van der Waals surface area contributed by atoms with E-state index in [1.165, 1.54) is 7.11 Å². The molecule has 1 N–H and O–H groups in total. The second-order valence-electron chi connectivity index (χ2n) is 4.48. The minimum Gasteiger partial charge on any atom is -0.504 e. The van der Waals surface area contributed by atoms with Gasteiger partial charge >= 0.3 is 0 Å². The summed E-state index contributed by atoms with van der Waals surface area (Å²) in [4.78, 5) is 4.54. The van der Waals surface area contributed by atoms with Crippen molar-refractivity contribution in [2.45, 2.75) is 0 Å². The van der Waals surface area contributed by atoms with E-state index in [9.17, 15) is 5.11 Å². The van der Waals surface area contributed by atoms with Crippen LogP contribution in [0.1, 0.15) is 0 Å². The second kappa shape index (κ2) is 4.72. The predicted octanol–water partition coefficient (Wildman–Crippen LogP) is 3.61. The number of rotatable bonds is 2. The number of nitrogens with zero attached hydrogens (tertiary/aromatic N) is 2. The average molecular weight is 289 g/mol. The Balaban J connectivity index is 2.27. The summed E-state index contributed by atoms with van der Waals surface area (Å²) in [6, 6.07) is 10.9. The van der Waals surface area contributed by atoms with Crippen molar-refractivity contribution in [1.29, 1.82) is 0 Å². The van der Waals surface area contributed by atoms with E-state index in [0.717, 1.165) is 11.0 Å². The maximum Gasteiger partial charge on any atom is 0.168 e. The third-order valence-corrected chi connectivity index (χ3v) is 3.54. The van der Waals surface area contributed by atoms with Crippen molar-refractivity contribution in [3.05, 3.63) is 41.4 Å². The third-order valence-electron chi connectivity index (χ3n) is 3.30. The summed E-state index contributed by atoms with van der Waals surface area (Å²) in [5.41, 5.74) is 2.36. The van der Waals surface area contributed by atoms with E-state index >= 15 is 0 Å². The van der Waals surface area contributed by atoms with Crippen LogP contribution >= 0.6 is 11.6 Å². The van der Waals surface area contributed by atoms with Crippen LogP contribution in [0.2, 0.25) is 5.02 Å². The van der Waals surface area contributed by atoms with Crippen molar-refractivity contribution >= 4 is 22.6 Å². The molecule has 0 aliphatic rings. The Bertz CT molecular complexity index is 796. The first-order valence-electron chi connectivity index (χ1n) is 6.10. The molecule has 0 radical (unpaired) electrons. The van der Waals surface area contributed by atoms with Crippen LogP contribution in [0.25, 0.3) is 22.4 Å². The lowest BCUT2D eigenvalue weighted by Crippen LogP contribution is -1.94. The van der Waals surface area contributed by atoms with Gasteiger partial charge in [0.25, 0.3) is 0 Å². The Morgan fingerprint density at radius 2 is 2.05 bits per heavy atom. The van der Waals surface area contributed by atoms with Gasteiger partial charge in [0.1, 0.15) is 5.82 Å². The molecular formula is C15H13ClN2O2. The first-order valence-corrected chi connectivity index (χ1v) is 6.48. The van der Waals surface area contributed by atoms with Gasteiger partial charge in [0, 0.05) is 12.1 Å². The van der Waals surface area contributed by atoms with Crippen molar-refractivity contribution in [2.24, 2.45) is 7.05 Å². The fourth-order valence-corrected chi connectivity index (χ4v) is 2.45. The molecule has 0 unspecified atom stereocenters. The number of aryl methyl sites for hydroxylation is 1. The number of para-hydroxylation sites is 1. The fraction of sp³-hybridized carbons (Fsp3) is 0.133. The van der Waals surface area contributed by atoms with Gasteiger partial charge in [-0.05, 0) is 30.3 Å². The molecule has 0 aliphatic carbocycles. The number of methoxy groups -OCH3 is 1. The lowest BCUT2D eigenvalue weighted by molar-refractivity contribution is 0.374. The lowest BCUT2D eigenvalue weighted by atomic mass is 10.1. The van der Waals surface area contributed by atoms with Crippen molar-refractivity contribution in [3.8, 4) is 22.9 Å². The van der Waals surface area contributed by atoms with Crippen molar-refractivity contribution in [3.63, 3.8) is 0 Å². The number of benzene rings is 2. The highest BCUT2D eigenvalue weighted by Crippen LogP contribution is 2.37. The molecule has 0 spiro atoms. The Morgan fingerprint density at radius 1 is 1.25 bits per heavy atom. The first-order chi connectivity index (χ1) is 9.61. The molecule has 2 aromatic carbocycles. The van der Waals surface area contributed by atoms with E-state index in [-0.39, 0.29) is 5.75 Å². The van der Waals surface area contributed by atoms with Crippen LogP contribution in [-0.4, -0.2) is 21.8 Å². The van der Waals surface area contributed by atoms with Crippen LogP contribution in [0, 0.1) is 0 Å². The zero-order valence-corrected chi connectivity index (χ0v) is 11.8. The zero-order chi connectivity index (χ0) is 14.3. The maximum absolute atomic E-state index is 10.2. The molecule has 0 atom stereocenters. The smallest absolute Gasteiger partial charge is 0.168 e. The number of hydrogen-bond acceptors (Lipinski definition) is 3. The fourth-order valence-electron chi connectivity index (χ4n) is 2.28. The standard InChI is InChI=1S/C15H13ClN2O2/c1-18-12-7-6-9(16)8-11(12)17-15(18)10-4-3-5-13(20-2)14(10)19/h3-8,19H,1-2H3. The number of aromatic hydroxyl groups is 1. The molecule has 0 amide bonds. The Kier molecular flexibility index (Phi) is 3.03. The summed E-state index contributed by atoms with van der Waals surface area (Å²) in [5.74, 6) is 1.17. The SMILES string of the molecule is COc1cccc(-c2nc3cc(Cl)ccc3n2C)c1O. The molecule has 3 rings (SSSR count). The van der Waals surface area contributed by atoms with Gasteiger partial charge in [-0.3, -0.25) is 0 Å². The molecule has 0 fully saturated rings. The summed E-state index contributed by atoms with van der Waals surface area (Å²) < 4.78 is 7.05. The van der Waals surface area contributed by atoms with Crippen LogP contribution in [0.15, 0.2) is 36.4 Å². The lowest BCUT2D eigenvalue weighted by Gasteiger charge is -2.08. The van der Waals surface area contributed by atoms with Crippen LogP contribution < -0.4 is 4.74 Å². The largest absolute Gasteiger partial charge is 0.504 e. The minimum atomic E-state index is 0.0829. The predicted molar refractivity (Wildman–Crippen MR) is 79.4 cm³/mol. The van der Waals surface area contributed by atoms with Gasteiger partial charge in [0.05, 0.1) is 23.7 Å². The van der Waals surface area contributed by atoms with Crippen molar-refractivity contribution in [1.82, 2.24) is 9.55 Å². The Hall–Kier alpha value is -2.20. The third kappa shape index (κ3) is 1.89. The normalized spacial score (nSPS) is 10.9. The summed E-state index contributed by atoms with van der Waals surface area (Å²) in [6.07, 6.45) is 0. The van der Waals surface area contributed by atoms with E-state index in [1.807, 2.05) is 29.8 Å². The van der Waals surface area contributed by atoms with Gasteiger partial charge < -0.3 is 14.4 Å². The maximum atomic E-state index is 10.2. The topological polar surface area (TPSA) is 47.3 Å². The molecule has 102 valence electrons. The number of ether oxygens (including phenoxy) is 1. The molecule has 20 heavy (non-hydrogen) atoms. The van der Waals surface area contributed by atoms with E-state index in [0.29, 0.717) is 22.2 Å². The Labute approximate surface area is 121 Å². The number of phenolic OH excluding ortho intramolecular Hbond substituents is 1. The van der Waals surface area contributed by atoms with Gasteiger partial charge in [-0.25, -0.2) is 4.98 Å².